The monoisotopic (exact) mass is 501 g/mol. The van der Waals surface area contributed by atoms with E-state index in [1.54, 1.807) is 0 Å². The number of hydrogen-bond donors (Lipinski definition) is 0. The topological polar surface area (TPSA) is 30.9 Å². The molecule has 0 spiro atoms. The van der Waals surface area contributed by atoms with Crippen molar-refractivity contribution in [3.8, 4) is 0 Å². The molecule has 1 fully saturated rings. The molecule has 1 aliphatic rings. The summed E-state index contributed by atoms with van der Waals surface area (Å²) in [6.45, 7) is 9.15. The van der Waals surface area contributed by atoms with Crippen LogP contribution < -0.4 is 0 Å². The van der Waals surface area contributed by atoms with Gasteiger partial charge in [-0.15, -0.1) is 0 Å². The van der Waals surface area contributed by atoms with Gasteiger partial charge in [-0.3, -0.25) is 4.84 Å². The fourth-order valence-corrected chi connectivity index (χ4v) is 5.59. The number of benzene rings is 3. The van der Waals surface area contributed by atoms with E-state index in [0.717, 1.165) is 32.1 Å². The molecule has 0 N–H and O–H groups in total. The summed E-state index contributed by atoms with van der Waals surface area (Å²) >= 11 is 0. The van der Waals surface area contributed by atoms with E-state index in [4.69, 9.17) is 14.3 Å². The molecule has 0 aromatic heterocycles. The molecule has 4 heteroatoms. The zero-order valence-corrected chi connectivity index (χ0v) is 22.8. The molecule has 0 radical (unpaired) electrons. The summed E-state index contributed by atoms with van der Waals surface area (Å²) in [6.07, 6.45) is 5.04. The Bertz CT molecular complexity index is 983. The Hall–Kier alpha value is -2.50. The number of ether oxygens (including phenoxy) is 2. The van der Waals surface area contributed by atoms with Crippen LogP contribution in [0.4, 0.5) is 0 Å². The van der Waals surface area contributed by atoms with E-state index < -0.39 is 0 Å². The van der Waals surface area contributed by atoms with Gasteiger partial charge in [0.05, 0.1) is 37.5 Å². The quantitative estimate of drug-likeness (QED) is 0.238. The normalized spacial score (nSPS) is 23.1. The van der Waals surface area contributed by atoms with Gasteiger partial charge >= 0.3 is 0 Å². The van der Waals surface area contributed by atoms with Gasteiger partial charge in [-0.25, -0.2) is 0 Å². The molecule has 1 unspecified atom stereocenters. The van der Waals surface area contributed by atoms with Gasteiger partial charge in [0.2, 0.25) is 0 Å². The molecule has 0 amide bonds. The second-order valence-corrected chi connectivity index (χ2v) is 10.4. The molecule has 1 heterocycles. The molecule has 4 rings (SSSR count). The molecule has 198 valence electrons. The van der Waals surface area contributed by atoms with Crippen molar-refractivity contribution in [2.45, 2.75) is 83.3 Å². The average Bonchev–Trinajstić information content (AvgIpc) is 2.96. The number of rotatable bonds is 13. The van der Waals surface area contributed by atoms with Crippen molar-refractivity contribution in [2.24, 2.45) is 0 Å². The molecule has 4 nitrogen and oxygen atoms in total. The molecule has 0 bridgehead atoms. The Kier molecular flexibility index (Phi) is 9.93. The van der Waals surface area contributed by atoms with Crippen LogP contribution in [-0.4, -0.2) is 29.4 Å². The summed E-state index contributed by atoms with van der Waals surface area (Å²) in [5.41, 5.74) is 3.13. The molecule has 3 aromatic rings. The number of nitrogens with zero attached hydrogens (tertiary/aromatic N) is 1. The van der Waals surface area contributed by atoms with Crippen molar-refractivity contribution in [2.75, 3.05) is 13.2 Å². The summed E-state index contributed by atoms with van der Waals surface area (Å²) in [5, 5.41) is 2.33. The van der Waals surface area contributed by atoms with Gasteiger partial charge in [0, 0.05) is 0 Å². The largest absolute Gasteiger partial charge is 0.375 e. The van der Waals surface area contributed by atoms with Crippen LogP contribution in [-0.2, 0) is 27.5 Å². The lowest BCUT2D eigenvalue weighted by Gasteiger charge is -2.56. The average molecular weight is 502 g/mol. The minimum atomic E-state index is -0.220. The van der Waals surface area contributed by atoms with Crippen LogP contribution in [0.1, 0.15) is 75.7 Å². The minimum Gasteiger partial charge on any atom is -0.375 e. The van der Waals surface area contributed by atoms with E-state index in [0.29, 0.717) is 26.4 Å². The lowest BCUT2D eigenvalue weighted by Crippen LogP contribution is -2.66. The van der Waals surface area contributed by atoms with Gasteiger partial charge in [0.25, 0.3) is 0 Å². The third-order valence-corrected chi connectivity index (χ3v) is 7.96. The Balaban J connectivity index is 1.57. The van der Waals surface area contributed by atoms with Crippen LogP contribution in [0, 0.1) is 0 Å². The van der Waals surface area contributed by atoms with Crippen LogP contribution in [0.25, 0.3) is 0 Å². The van der Waals surface area contributed by atoms with E-state index in [1.807, 2.05) is 12.1 Å². The van der Waals surface area contributed by atoms with Crippen molar-refractivity contribution < 1.29 is 14.3 Å². The molecular formula is C33H43NO3. The van der Waals surface area contributed by atoms with Crippen LogP contribution in [0.5, 0.6) is 0 Å². The van der Waals surface area contributed by atoms with Gasteiger partial charge in [-0.2, -0.15) is 5.06 Å². The van der Waals surface area contributed by atoms with E-state index >= 15 is 0 Å². The highest BCUT2D eigenvalue weighted by atomic mass is 16.7. The second kappa shape index (κ2) is 13.3. The first-order chi connectivity index (χ1) is 18.1. The first kappa shape index (κ1) is 27.5. The predicted octanol–water partition coefficient (Wildman–Crippen LogP) is 7.90. The fraction of sp³-hybridized carbons (Fsp3) is 0.455. The SMILES string of the molecule is CC[C@@]1(COCc2ccccc2)CCC[C@](CC)(COCc2ccccc2)N1OC(C)c1ccccc1. The Morgan fingerprint density at radius 2 is 1.11 bits per heavy atom. The molecule has 3 aromatic carbocycles. The van der Waals surface area contributed by atoms with Gasteiger partial charge in [-0.1, -0.05) is 105 Å². The van der Waals surface area contributed by atoms with Gasteiger partial charge in [0.1, 0.15) is 6.10 Å². The minimum absolute atomic E-state index is 0.0700. The van der Waals surface area contributed by atoms with Crippen LogP contribution in [0.2, 0.25) is 0 Å². The van der Waals surface area contributed by atoms with Crippen molar-refractivity contribution in [1.82, 2.24) is 5.06 Å². The molecule has 37 heavy (non-hydrogen) atoms. The highest BCUT2D eigenvalue weighted by molar-refractivity contribution is 5.17. The third kappa shape index (κ3) is 6.88. The molecule has 1 saturated heterocycles. The Morgan fingerprint density at radius 3 is 1.54 bits per heavy atom. The Labute approximate surface area is 223 Å². The lowest BCUT2D eigenvalue weighted by molar-refractivity contribution is -0.336. The van der Waals surface area contributed by atoms with Crippen molar-refractivity contribution >= 4 is 0 Å². The fourth-order valence-electron chi connectivity index (χ4n) is 5.59. The molecular weight excluding hydrogens is 458 g/mol. The number of hydrogen-bond acceptors (Lipinski definition) is 4. The zero-order valence-electron chi connectivity index (χ0n) is 22.8. The van der Waals surface area contributed by atoms with Gasteiger partial charge in [0.15, 0.2) is 0 Å². The highest BCUT2D eigenvalue weighted by Crippen LogP contribution is 2.45. The molecule has 3 atom stereocenters. The van der Waals surface area contributed by atoms with Gasteiger partial charge in [-0.05, 0) is 55.7 Å². The summed E-state index contributed by atoms with van der Waals surface area (Å²) in [5.74, 6) is 0. The summed E-state index contributed by atoms with van der Waals surface area (Å²) < 4.78 is 12.8. The first-order valence-corrected chi connectivity index (χ1v) is 13.9. The van der Waals surface area contributed by atoms with Gasteiger partial charge < -0.3 is 9.47 Å². The van der Waals surface area contributed by atoms with Crippen molar-refractivity contribution in [3.05, 3.63) is 108 Å². The third-order valence-electron chi connectivity index (χ3n) is 7.96. The zero-order chi connectivity index (χ0) is 26.0. The smallest absolute Gasteiger partial charge is 0.102 e. The van der Waals surface area contributed by atoms with Crippen LogP contribution >= 0.6 is 0 Å². The number of piperidine rings is 1. The number of hydroxylamine groups is 2. The van der Waals surface area contributed by atoms with E-state index in [2.05, 4.69) is 105 Å². The maximum absolute atomic E-state index is 6.97. The van der Waals surface area contributed by atoms with E-state index in [1.165, 1.54) is 16.7 Å². The Morgan fingerprint density at radius 1 is 0.676 bits per heavy atom. The highest BCUT2D eigenvalue weighted by Gasteiger charge is 2.52. The van der Waals surface area contributed by atoms with Crippen molar-refractivity contribution in [1.29, 1.82) is 0 Å². The van der Waals surface area contributed by atoms with E-state index in [9.17, 15) is 0 Å². The molecule has 1 aliphatic heterocycles. The summed E-state index contributed by atoms with van der Waals surface area (Å²) in [7, 11) is 0. The lowest BCUT2D eigenvalue weighted by atomic mass is 9.76. The second-order valence-electron chi connectivity index (χ2n) is 10.4. The van der Waals surface area contributed by atoms with Crippen LogP contribution in [0.3, 0.4) is 0 Å². The van der Waals surface area contributed by atoms with E-state index in [-0.39, 0.29) is 17.2 Å². The standard InChI is InChI=1S/C33H43NO3/c1-4-32(26-35-24-29-16-9-6-10-17-29)22-15-23-33(5-2,27-36-25-30-18-11-7-12-19-30)34(32)37-28(3)31-20-13-8-14-21-31/h6-14,16-21,28H,4-5,15,22-27H2,1-3H3/t28?,32-,33+. The maximum Gasteiger partial charge on any atom is 0.102 e. The molecule has 0 aliphatic carbocycles. The first-order valence-electron chi connectivity index (χ1n) is 13.9. The molecule has 0 saturated carbocycles. The predicted molar refractivity (Wildman–Crippen MR) is 150 cm³/mol. The van der Waals surface area contributed by atoms with Crippen LogP contribution in [0.15, 0.2) is 91.0 Å². The summed E-state index contributed by atoms with van der Waals surface area (Å²) in [4.78, 5) is 6.97. The summed E-state index contributed by atoms with van der Waals surface area (Å²) in [6, 6.07) is 31.4. The maximum atomic E-state index is 6.97. The van der Waals surface area contributed by atoms with Crippen molar-refractivity contribution in [3.63, 3.8) is 0 Å².